The number of nitrogen functional groups attached to an aromatic ring is 1. The van der Waals surface area contributed by atoms with Gasteiger partial charge in [-0.15, -0.1) is 0 Å². The van der Waals surface area contributed by atoms with E-state index in [1.165, 1.54) is 17.7 Å². The molecule has 0 saturated carbocycles. The minimum Gasteiger partial charge on any atom is -0.497 e. The Labute approximate surface area is 159 Å². The summed E-state index contributed by atoms with van der Waals surface area (Å²) in [4.78, 5) is 12.9. The summed E-state index contributed by atoms with van der Waals surface area (Å²) >= 11 is 1.48. The first-order valence-corrected chi connectivity index (χ1v) is 9.00. The van der Waals surface area contributed by atoms with Crippen LogP contribution in [0.3, 0.4) is 0 Å². The van der Waals surface area contributed by atoms with Gasteiger partial charge in [0.15, 0.2) is 10.9 Å². The molecule has 0 aliphatic rings. The van der Waals surface area contributed by atoms with Crippen molar-refractivity contribution in [1.29, 1.82) is 0 Å². The quantitative estimate of drug-likeness (QED) is 0.526. The molecule has 2 heterocycles. The SMILES string of the molecule is COc1ccc2nc(Nc3ncnc(Oc4ccc(C)cc4)c3N)sc2c1. The van der Waals surface area contributed by atoms with Gasteiger partial charge in [0.2, 0.25) is 5.88 Å². The molecule has 0 saturated heterocycles. The third-order valence-electron chi connectivity index (χ3n) is 3.90. The molecule has 0 amide bonds. The van der Waals surface area contributed by atoms with Crippen molar-refractivity contribution in [3.05, 3.63) is 54.4 Å². The second-order valence-corrected chi connectivity index (χ2v) is 6.86. The fraction of sp³-hybridized carbons (Fsp3) is 0.105. The maximum Gasteiger partial charge on any atom is 0.248 e. The summed E-state index contributed by atoms with van der Waals surface area (Å²) in [6.45, 7) is 2.01. The highest BCUT2D eigenvalue weighted by Gasteiger charge is 2.13. The van der Waals surface area contributed by atoms with Crippen molar-refractivity contribution >= 4 is 38.2 Å². The number of aromatic nitrogens is 3. The Balaban J connectivity index is 1.59. The lowest BCUT2D eigenvalue weighted by atomic mass is 10.2. The average Bonchev–Trinajstić information content (AvgIpc) is 3.08. The molecule has 0 radical (unpaired) electrons. The van der Waals surface area contributed by atoms with E-state index >= 15 is 0 Å². The summed E-state index contributed by atoms with van der Waals surface area (Å²) < 4.78 is 12.0. The highest BCUT2D eigenvalue weighted by Crippen LogP contribution is 2.34. The van der Waals surface area contributed by atoms with Gasteiger partial charge in [-0.3, -0.25) is 0 Å². The first-order chi connectivity index (χ1) is 13.1. The Kier molecular flexibility index (Phi) is 4.47. The van der Waals surface area contributed by atoms with Gasteiger partial charge in [0, 0.05) is 0 Å². The van der Waals surface area contributed by atoms with E-state index in [2.05, 4.69) is 20.3 Å². The summed E-state index contributed by atoms with van der Waals surface area (Å²) in [5.74, 6) is 2.18. The van der Waals surface area contributed by atoms with Gasteiger partial charge in [-0.25, -0.2) is 9.97 Å². The van der Waals surface area contributed by atoms with Crippen molar-refractivity contribution in [2.75, 3.05) is 18.2 Å². The topological polar surface area (TPSA) is 95.2 Å². The summed E-state index contributed by atoms with van der Waals surface area (Å²) in [6.07, 6.45) is 1.40. The van der Waals surface area contributed by atoms with Crippen molar-refractivity contribution in [3.63, 3.8) is 0 Å². The van der Waals surface area contributed by atoms with E-state index in [4.69, 9.17) is 15.2 Å². The number of nitrogens with two attached hydrogens (primary N) is 1. The summed E-state index contributed by atoms with van der Waals surface area (Å²) in [5, 5.41) is 3.82. The molecule has 4 rings (SSSR count). The van der Waals surface area contributed by atoms with E-state index in [9.17, 15) is 0 Å². The van der Waals surface area contributed by atoms with E-state index < -0.39 is 0 Å². The number of ether oxygens (including phenoxy) is 2. The first-order valence-electron chi connectivity index (χ1n) is 8.19. The number of rotatable bonds is 5. The summed E-state index contributed by atoms with van der Waals surface area (Å²) in [6, 6.07) is 13.4. The lowest BCUT2D eigenvalue weighted by Gasteiger charge is -2.10. The predicted molar refractivity (Wildman–Crippen MR) is 107 cm³/mol. The van der Waals surface area contributed by atoms with E-state index in [-0.39, 0.29) is 0 Å². The smallest absolute Gasteiger partial charge is 0.248 e. The molecule has 4 aromatic rings. The molecule has 2 aromatic heterocycles. The molecule has 136 valence electrons. The van der Waals surface area contributed by atoms with Crippen LogP contribution in [0.15, 0.2) is 48.8 Å². The number of thiazole rings is 1. The van der Waals surface area contributed by atoms with Gasteiger partial charge in [0.05, 0.1) is 17.3 Å². The molecule has 0 aliphatic carbocycles. The third-order valence-corrected chi connectivity index (χ3v) is 4.84. The van der Waals surface area contributed by atoms with Crippen molar-refractivity contribution < 1.29 is 9.47 Å². The number of aryl methyl sites for hydroxylation is 1. The highest BCUT2D eigenvalue weighted by molar-refractivity contribution is 7.22. The summed E-state index contributed by atoms with van der Waals surface area (Å²) in [7, 11) is 1.64. The second-order valence-electron chi connectivity index (χ2n) is 5.83. The van der Waals surface area contributed by atoms with Crippen molar-refractivity contribution in [3.8, 4) is 17.4 Å². The molecule has 8 heteroatoms. The monoisotopic (exact) mass is 379 g/mol. The van der Waals surface area contributed by atoms with Crippen LogP contribution in [0.25, 0.3) is 10.2 Å². The van der Waals surface area contributed by atoms with Gasteiger partial charge in [-0.1, -0.05) is 29.0 Å². The molecule has 0 unspecified atom stereocenters. The van der Waals surface area contributed by atoms with Crippen LogP contribution in [0.5, 0.6) is 17.4 Å². The molecular weight excluding hydrogens is 362 g/mol. The van der Waals surface area contributed by atoms with Crippen LogP contribution in [0.4, 0.5) is 16.6 Å². The number of methoxy groups -OCH3 is 1. The van der Waals surface area contributed by atoms with Crippen LogP contribution in [-0.4, -0.2) is 22.1 Å². The third kappa shape index (κ3) is 3.61. The van der Waals surface area contributed by atoms with Crippen LogP contribution in [0.1, 0.15) is 5.56 Å². The number of anilines is 3. The van der Waals surface area contributed by atoms with E-state index in [0.717, 1.165) is 21.5 Å². The van der Waals surface area contributed by atoms with Gasteiger partial charge in [0.25, 0.3) is 0 Å². The van der Waals surface area contributed by atoms with Crippen LogP contribution in [-0.2, 0) is 0 Å². The van der Waals surface area contributed by atoms with Gasteiger partial charge >= 0.3 is 0 Å². The molecule has 0 spiro atoms. The number of nitrogens with zero attached hydrogens (tertiary/aromatic N) is 3. The van der Waals surface area contributed by atoms with Gasteiger partial charge in [-0.2, -0.15) is 4.98 Å². The molecular formula is C19H17N5O2S. The zero-order chi connectivity index (χ0) is 18.8. The molecule has 0 fully saturated rings. The zero-order valence-electron chi connectivity index (χ0n) is 14.8. The van der Waals surface area contributed by atoms with E-state index in [0.29, 0.717) is 28.3 Å². The number of benzene rings is 2. The first kappa shape index (κ1) is 17.0. The maximum absolute atomic E-state index is 6.19. The molecule has 7 nitrogen and oxygen atoms in total. The Bertz CT molecular complexity index is 1100. The zero-order valence-corrected chi connectivity index (χ0v) is 15.6. The standard InChI is InChI=1S/C19H17N5O2S/c1-11-3-5-12(6-4-11)26-18-16(20)17(21-10-22-18)24-19-23-14-8-7-13(25-2)9-15(14)27-19/h3-10H,20H2,1-2H3,(H,21,22,23,24). The minimum absolute atomic E-state index is 0.291. The minimum atomic E-state index is 0.291. The predicted octanol–water partition coefficient (Wildman–Crippen LogP) is 4.52. The molecule has 3 N–H and O–H groups in total. The molecule has 0 aliphatic heterocycles. The lowest BCUT2D eigenvalue weighted by Crippen LogP contribution is -2.02. The van der Waals surface area contributed by atoms with Crippen LogP contribution in [0, 0.1) is 6.92 Å². The van der Waals surface area contributed by atoms with Crippen LogP contribution in [0.2, 0.25) is 0 Å². The van der Waals surface area contributed by atoms with Gasteiger partial charge in [-0.05, 0) is 37.3 Å². The Morgan fingerprint density at radius 1 is 1.04 bits per heavy atom. The number of fused-ring (bicyclic) bond motifs is 1. The Morgan fingerprint density at radius 3 is 2.59 bits per heavy atom. The fourth-order valence-electron chi connectivity index (χ4n) is 2.46. The average molecular weight is 379 g/mol. The fourth-order valence-corrected chi connectivity index (χ4v) is 3.36. The number of hydrogen-bond donors (Lipinski definition) is 2. The van der Waals surface area contributed by atoms with Crippen LogP contribution >= 0.6 is 11.3 Å². The number of nitrogens with one attached hydrogen (secondary N) is 1. The van der Waals surface area contributed by atoms with Gasteiger partial charge < -0.3 is 20.5 Å². The Morgan fingerprint density at radius 2 is 1.81 bits per heavy atom. The second kappa shape index (κ2) is 7.08. The van der Waals surface area contributed by atoms with E-state index in [1.807, 2.05) is 49.4 Å². The lowest BCUT2D eigenvalue weighted by molar-refractivity contribution is 0.415. The number of hydrogen-bond acceptors (Lipinski definition) is 8. The molecule has 0 bridgehead atoms. The van der Waals surface area contributed by atoms with Crippen molar-refractivity contribution in [2.45, 2.75) is 6.92 Å². The molecule has 0 atom stereocenters. The van der Waals surface area contributed by atoms with E-state index in [1.54, 1.807) is 7.11 Å². The van der Waals surface area contributed by atoms with Crippen molar-refractivity contribution in [1.82, 2.24) is 15.0 Å². The Hall–Kier alpha value is -3.39. The maximum atomic E-state index is 6.19. The van der Waals surface area contributed by atoms with Crippen molar-refractivity contribution in [2.24, 2.45) is 0 Å². The highest BCUT2D eigenvalue weighted by atomic mass is 32.1. The van der Waals surface area contributed by atoms with Gasteiger partial charge in [0.1, 0.15) is 23.5 Å². The molecule has 2 aromatic carbocycles. The van der Waals surface area contributed by atoms with Crippen LogP contribution < -0.4 is 20.5 Å². The largest absolute Gasteiger partial charge is 0.497 e. The molecule has 27 heavy (non-hydrogen) atoms. The normalized spacial score (nSPS) is 10.7. The summed E-state index contributed by atoms with van der Waals surface area (Å²) in [5.41, 5.74) is 8.52.